The second-order valence-corrected chi connectivity index (χ2v) is 6.69. The van der Waals surface area contributed by atoms with Crippen LogP contribution in [0, 0.1) is 12.7 Å². The van der Waals surface area contributed by atoms with E-state index in [1.54, 1.807) is 30.3 Å². The van der Waals surface area contributed by atoms with Gasteiger partial charge in [-0.05, 0) is 65.6 Å². The zero-order valence-corrected chi connectivity index (χ0v) is 15.9. The van der Waals surface area contributed by atoms with Gasteiger partial charge >= 0.3 is 5.97 Å². The van der Waals surface area contributed by atoms with Gasteiger partial charge in [0.15, 0.2) is 0 Å². The first-order valence-corrected chi connectivity index (χ1v) is 9.06. The number of carboxylic acids is 1. The Labute approximate surface area is 168 Å². The number of nitrogens with one attached hydrogen (secondary N) is 1. The molecule has 3 aromatic rings. The van der Waals surface area contributed by atoms with Crippen LogP contribution < -0.4 is 5.32 Å². The summed E-state index contributed by atoms with van der Waals surface area (Å²) in [5.41, 5.74) is 4.49. The number of rotatable bonds is 6. The molecule has 1 amide bonds. The lowest BCUT2D eigenvalue weighted by Crippen LogP contribution is -2.22. The minimum Gasteiger partial charge on any atom is -0.478 e. The Kier molecular flexibility index (Phi) is 6.19. The molecule has 0 bridgehead atoms. The molecule has 0 atom stereocenters. The van der Waals surface area contributed by atoms with Crippen molar-refractivity contribution in [3.05, 3.63) is 101 Å². The van der Waals surface area contributed by atoms with Crippen molar-refractivity contribution < 1.29 is 19.1 Å². The summed E-state index contributed by atoms with van der Waals surface area (Å²) in [6, 6.07) is 18.8. The minimum atomic E-state index is -1.08. The Bertz CT molecular complexity index is 1050. The van der Waals surface area contributed by atoms with Crippen LogP contribution in [0.5, 0.6) is 0 Å². The fourth-order valence-corrected chi connectivity index (χ4v) is 2.85. The third-order valence-electron chi connectivity index (χ3n) is 4.39. The highest BCUT2D eigenvalue weighted by Gasteiger charge is 2.10. The Morgan fingerprint density at radius 2 is 1.66 bits per heavy atom. The molecule has 0 radical (unpaired) electrons. The summed E-state index contributed by atoms with van der Waals surface area (Å²) in [5, 5.41) is 11.8. The SMILES string of the molecule is Cc1ccc(CNC(=O)c2cc(/C=C/C(=O)O)cc(-c3ccc(F)cc3)c2)cc1. The molecular formula is C24H20FNO3. The van der Waals surface area contributed by atoms with E-state index in [0.717, 1.165) is 22.8 Å². The van der Waals surface area contributed by atoms with Crippen molar-refractivity contribution in [2.45, 2.75) is 13.5 Å². The number of benzene rings is 3. The predicted molar refractivity (Wildman–Crippen MR) is 111 cm³/mol. The van der Waals surface area contributed by atoms with Crippen molar-refractivity contribution in [3.8, 4) is 11.1 Å². The van der Waals surface area contributed by atoms with Crippen LogP contribution in [-0.4, -0.2) is 17.0 Å². The Morgan fingerprint density at radius 1 is 0.966 bits per heavy atom. The van der Waals surface area contributed by atoms with Gasteiger partial charge < -0.3 is 10.4 Å². The van der Waals surface area contributed by atoms with Crippen LogP contribution in [0.4, 0.5) is 4.39 Å². The smallest absolute Gasteiger partial charge is 0.328 e. The number of hydrogen-bond donors (Lipinski definition) is 2. The standard InChI is InChI=1S/C24H20FNO3/c1-16-2-4-17(5-3-16)15-26-24(29)21-13-18(6-11-23(27)28)12-20(14-21)19-7-9-22(25)10-8-19/h2-14H,15H2,1H3,(H,26,29)(H,27,28)/b11-6+. The van der Waals surface area contributed by atoms with E-state index in [1.165, 1.54) is 18.2 Å². The molecular weight excluding hydrogens is 369 g/mol. The Balaban J connectivity index is 1.88. The van der Waals surface area contributed by atoms with E-state index in [9.17, 15) is 14.0 Å². The third kappa shape index (κ3) is 5.62. The number of aliphatic carboxylic acids is 1. The minimum absolute atomic E-state index is 0.278. The highest BCUT2D eigenvalue weighted by Crippen LogP contribution is 2.24. The summed E-state index contributed by atoms with van der Waals surface area (Å²) in [5.74, 6) is -1.71. The van der Waals surface area contributed by atoms with Gasteiger partial charge in [-0.15, -0.1) is 0 Å². The van der Waals surface area contributed by atoms with E-state index in [2.05, 4.69) is 5.32 Å². The van der Waals surface area contributed by atoms with Gasteiger partial charge in [-0.25, -0.2) is 9.18 Å². The molecule has 2 N–H and O–H groups in total. The third-order valence-corrected chi connectivity index (χ3v) is 4.39. The molecule has 0 aromatic heterocycles. The summed E-state index contributed by atoms with van der Waals surface area (Å²) in [4.78, 5) is 23.6. The molecule has 0 spiro atoms. The maximum Gasteiger partial charge on any atom is 0.328 e. The monoisotopic (exact) mass is 389 g/mol. The maximum absolute atomic E-state index is 13.2. The van der Waals surface area contributed by atoms with Gasteiger partial charge in [-0.2, -0.15) is 0 Å². The van der Waals surface area contributed by atoms with Crippen molar-refractivity contribution in [1.29, 1.82) is 0 Å². The number of hydrogen-bond acceptors (Lipinski definition) is 2. The first-order valence-electron chi connectivity index (χ1n) is 9.06. The lowest BCUT2D eigenvalue weighted by atomic mass is 9.99. The first-order chi connectivity index (χ1) is 13.9. The molecule has 0 heterocycles. The molecule has 0 fully saturated rings. The second-order valence-electron chi connectivity index (χ2n) is 6.69. The van der Waals surface area contributed by atoms with Crippen LogP contribution >= 0.6 is 0 Å². The fourth-order valence-electron chi connectivity index (χ4n) is 2.85. The molecule has 4 nitrogen and oxygen atoms in total. The van der Waals surface area contributed by atoms with E-state index in [1.807, 2.05) is 31.2 Å². The average molecular weight is 389 g/mol. The quantitative estimate of drug-likeness (QED) is 0.594. The summed E-state index contributed by atoms with van der Waals surface area (Å²) in [7, 11) is 0. The molecule has 146 valence electrons. The lowest BCUT2D eigenvalue weighted by Gasteiger charge is -2.10. The van der Waals surface area contributed by atoms with Gasteiger partial charge in [0.1, 0.15) is 5.82 Å². The highest BCUT2D eigenvalue weighted by atomic mass is 19.1. The van der Waals surface area contributed by atoms with E-state index < -0.39 is 5.97 Å². The molecule has 0 aliphatic heterocycles. The van der Waals surface area contributed by atoms with Gasteiger partial charge in [-0.3, -0.25) is 4.79 Å². The zero-order valence-electron chi connectivity index (χ0n) is 15.9. The van der Waals surface area contributed by atoms with Crippen molar-refractivity contribution >= 4 is 18.0 Å². The number of carboxylic acid groups (broad SMARTS) is 1. The fraction of sp³-hybridized carbons (Fsp3) is 0.0833. The van der Waals surface area contributed by atoms with Gasteiger partial charge in [0.2, 0.25) is 0 Å². The molecule has 0 aliphatic carbocycles. The first kappa shape index (κ1) is 20.0. The number of carbonyl (C=O) groups is 2. The second kappa shape index (κ2) is 8.97. The van der Waals surface area contributed by atoms with Crippen molar-refractivity contribution in [2.75, 3.05) is 0 Å². The molecule has 0 saturated carbocycles. The average Bonchev–Trinajstić information content (AvgIpc) is 2.72. The topological polar surface area (TPSA) is 66.4 Å². The normalized spacial score (nSPS) is 10.8. The van der Waals surface area contributed by atoms with Crippen LogP contribution in [0.1, 0.15) is 27.0 Å². The number of halogens is 1. The van der Waals surface area contributed by atoms with Crippen molar-refractivity contribution in [3.63, 3.8) is 0 Å². The maximum atomic E-state index is 13.2. The van der Waals surface area contributed by atoms with Gasteiger partial charge in [0.25, 0.3) is 5.91 Å². The Morgan fingerprint density at radius 3 is 2.31 bits per heavy atom. The molecule has 3 rings (SSSR count). The predicted octanol–water partition coefficient (Wildman–Crippen LogP) is 4.83. The van der Waals surface area contributed by atoms with Crippen LogP contribution in [-0.2, 0) is 11.3 Å². The zero-order chi connectivity index (χ0) is 20.8. The van der Waals surface area contributed by atoms with E-state index in [-0.39, 0.29) is 11.7 Å². The molecule has 0 saturated heterocycles. The van der Waals surface area contributed by atoms with Crippen molar-refractivity contribution in [2.24, 2.45) is 0 Å². The summed E-state index contributed by atoms with van der Waals surface area (Å²) >= 11 is 0. The molecule has 29 heavy (non-hydrogen) atoms. The summed E-state index contributed by atoms with van der Waals surface area (Å²) < 4.78 is 13.2. The number of carbonyl (C=O) groups excluding carboxylic acids is 1. The molecule has 0 unspecified atom stereocenters. The van der Waals surface area contributed by atoms with Gasteiger partial charge in [0, 0.05) is 18.2 Å². The highest BCUT2D eigenvalue weighted by molar-refractivity contribution is 5.96. The number of aryl methyl sites for hydroxylation is 1. The van der Waals surface area contributed by atoms with Crippen LogP contribution in [0.3, 0.4) is 0 Å². The van der Waals surface area contributed by atoms with Gasteiger partial charge in [-0.1, -0.05) is 42.0 Å². The largest absolute Gasteiger partial charge is 0.478 e. The van der Waals surface area contributed by atoms with Crippen LogP contribution in [0.2, 0.25) is 0 Å². The van der Waals surface area contributed by atoms with Crippen LogP contribution in [0.25, 0.3) is 17.2 Å². The number of amides is 1. The Hall–Kier alpha value is -3.73. The van der Waals surface area contributed by atoms with Crippen LogP contribution in [0.15, 0.2) is 72.8 Å². The van der Waals surface area contributed by atoms with Crippen molar-refractivity contribution in [1.82, 2.24) is 5.32 Å². The summed E-state index contributed by atoms with van der Waals surface area (Å²) in [6.07, 6.45) is 2.43. The lowest BCUT2D eigenvalue weighted by molar-refractivity contribution is -0.131. The van der Waals surface area contributed by atoms with E-state index in [4.69, 9.17) is 5.11 Å². The van der Waals surface area contributed by atoms with E-state index in [0.29, 0.717) is 23.2 Å². The summed E-state index contributed by atoms with van der Waals surface area (Å²) in [6.45, 7) is 2.37. The molecule has 0 aliphatic rings. The van der Waals surface area contributed by atoms with E-state index >= 15 is 0 Å². The molecule has 3 aromatic carbocycles. The molecule has 5 heteroatoms. The van der Waals surface area contributed by atoms with Gasteiger partial charge in [0.05, 0.1) is 0 Å².